The molecular formula is C23H22F5N7O3. The summed E-state index contributed by atoms with van der Waals surface area (Å²) in [7, 11) is 0. The third-order valence-corrected chi connectivity index (χ3v) is 5.48. The lowest BCUT2D eigenvalue weighted by Gasteiger charge is -2.23. The van der Waals surface area contributed by atoms with Gasteiger partial charge >= 0.3 is 12.1 Å². The van der Waals surface area contributed by atoms with E-state index >= 15 is 0 Å². The fraction of sp³-hybridized carbons (Fsp3) is 0.348. The Bertz CT molecular complexity index is 1280. The number of anilines is 2. The maximum atomic E-state index is 14.4. The minimum Gasteiger partial charge on any atom is -0.424 e. The quantitative estimate of drug-likeness (QED) is 0.325. The number of likely N-dealkylation sites (tertiary alicyclic amines) is 1. The zero-order chi connectivity index (χ0) is 27.3. The topological polar surface area (TPSA) is 118 Å². The van der Waals surface area contributed by atoms with Crippen LogP contribution in [0, 0.1) is 0 Å². The van der Waals surface area contributed by atoms with Gasteiger partial charge in [-0.05, 0) is 66.6 Å². The first-order chi connectivity index (χ1) is 18.0. The summed E-state index contributed by atoms with van der Waals surface area (Å²) in [6, 6.07) is 6.09. The molecule has 0 atom stereocenters. The lowest BCUT2D eigenvalue weighted by Crippen LogP contribution is -2.44. The highest BCUT2D eigenvalue weighted by molar-refractivity contribution is 6.04. The van der Waals surface area contributed by atoms with E-state index in [4.69, 9.17) is 4.52 Å². The van der Waals surface area contributed by atoms with Gasteiger partial charge in [0.15, 0.2) is 11.3 Å². The predicted molar refractivity (Wildman–Crippen MR) is 123 cm³/mol. The van der Waals surface area contributed by atoms with Crippen molar-refractivity contribution in [3.8, 4) is 0 Å². The number of urea groups is 1. The second kappa shape index (κ2) is 11.1. The molecule has 38 heavy (non-hydrogen) atoms. The van der Waals surface area contributed by atoms with Crippen LogP contribution in [0.3, 0.4) is 0 Å². The molecule has 4 rings (SSSR count). The number of benzene rings is 1. The molecule has 1 aliphatic rings. The van der Waals surface area contributed by atoms with Gasteiger partial charge in [-0.15, -0.1) is 0 Å². The molecule has 0 bridgehead atoms. The predicted octanol–water partition coefficient (Wildman–Crippen LogP) is 4.33. The second-order valence-corrected chi connectivity index (χ2v) is 8.54. The number of hydrogen-bond acceptors (Lipinski definition) is 6. The first-order valence-electron chi connectivity index (χ1n) is 11.4. The lowest BCUT2D eigenvalue weighted by atomic mass is 10.1. The van der Waals surface area contributed by atoms with E-state index in [9.17, 15) is 31.5 Å². The van der Waals surface area contributed by atoms with Gasteiger partial charge in [-0.3, -0.25) is 19.5 Å². The number of alkyl halides is 5. The van der Waals surface area contributed by atoms with Gasteiger partial charge in [0, 0.05) is 11.9 Å². The molecule has 3 amide bonds. The van der Waals surface area contributed by atoms with Gasteiger partial charge in [0.25, 0.3) is 5.91 Å². The fourth-order valence-corrected chi connectivity index (χ4v) is 3.75. The third-order valence-electron chi connectivity index (χ3n) is 5.48. The van der Waals surface area contributed by atoms with Crippen LogP contribution in [0.2, 0.25) is 0 Å². The van der Waals surface area contributed by atoms with Gasteiger partial charge in [-0.1, -0.05) is 6.07 Å². The number of halogens is 5. The summed E-state index contributed by atoms with van der Waals surface area (Å²) in [5, 5.41) is 11.2. The van der Waals surface area contributed by atoms with Crippen molar-refractivity contribution in [2.45, 2.75) is 31.5 Å². The van der Waals surface area contributed by atoms with E-state index in [1.165, 1.54) is 15.8 Å². The van der Waals surface area contributed by atoms with Gasteiger partial charge < -0.3 is 20.5 Å². The molecule has 0 unspecified atom stereocenters. The van der Waals surface area contributed by atoms with Crippen LogP contribution in [-0.2, 0) is 17.5 Å². The number of hydrogen-bond donors (Lipinski definition) is 2. The fourth-order valence-electron chi connectivity index (χ4n) is 3.75. The summed E-state index contributed by atoms with van der Waals surface area (Å²) in [6.45, 7) is 0.166. The summed E-state index contributed by atoms with van der Waals surface area (Å²) < 4.78 is 75.3. The molecule has 2 N–H and O–H groups in total. The Morgan fingerprint density at radius 1 is 1.05 bits per heavy atom. The molecule has 10 nitrogen and oxygen atoms in total. The Balaban J connectivity index is 1.43. The molecule has 1 aliphatic heterocycles. The van der Waals surface area contributed by atoms with Crippen molar-refractivity contribution in [3.63, 3.8) is 0 Å². The molecule has 0 radical (unpaired) electrons. The van der Waals surface area contributed by atoms with E-state index in [1.54, 1.807) is 24.4 Å². The van der Waals surface area contributed by atoms with E-state index in [2.05, 4.69) is 20.9 Å². The summed E-state index contributed by atoms with van der Waals surface area (Å²) in [5.74, 6) is -5.85. The molecular weight excluding hydrogens is 517 g/mol. The Hall–Kier alpha value is -4.14. The highest BCUT2D eigenvalue weighted by Gasteiger charge is 2.41. The summed E-state index contributed by atoms with van der Waals surface area (Å²) in [5.41, 5.74) is -1.64. The zero-order valence-electron chi connectivity index (χ0n) is 19.7. The average Bonchev–Trinajstić information content (AvgIpc) is 3.50. The second-order valence-electron chi connectivity index (χ2n) is 8.54. The number of pyridine rings is 1. The molecule has 2 aromatic heterocycles. The number of aromatic nitrogens is 3. The molecule has 1 fully saturated rings. The largest absolute Gasteiger partial charge is 0.424 e. The highest BCUT2D eigenvalue weighted by Crippen LogP contribution is 2.34. The van der Waals surface area contributed by atoms with E-state index in [0.717, 1.165) is 18.9 Å². The van der Waals surface area contributed by atoms with Crippen LogP contribution in [0.25, 0.3) is 5.32 Å². The van der Waals surface area contributed by atoms with Crippen molar-refractivity contribution in [1.29, 1.82) is 0 Å². The first kappa shape index (κ1) is 26.9. The Kier molecular flexibility index (Phi) is 7.85. The minimum atomic E-state index is -4.89. The van der Waals surface area contributed by atoms with Gasteiger partial charge in [-0.25, -0.2) is 0 Å². The van der Waals surface area contributed by atoms with Gasteiger partial charge in [0.1, 0.15) is 5.69 Å². The third kappa shape index (κ3) is 7.21. The number of carbonyl (C=O) groups is 2. The van der Waals surface area contributed by atoms with Crippen molar-refractivity contribution in [3.05, 3.63) is 65.4 Å². The van der Waals surface area contributed by atoms with E-state index in [1.807, 2.05) is 5.32 Å². The number of carbonyl (C=O) groups excluding carboxylic acids is 2. The van der Waals surface area contributed by atoms with E-state index < -0.39 is 47.5 Å². The number of rotatable bonds is 8. The maximum Gasteiger partial charge on any atom is 0.416 e. The first-order valence-corrected chi connectivity index (χ1v) is 11.4. The average molecular weight is 539 g/mol. The highest BCUT2D eigenvalue weighted by atomic mass is 19.4. The van der Waals surface area contributed by atoms with E-state index in [-0.39, 0.29) is 12.4 Å². The summed E-state index contributed by atoms with van der Waals surface area (Å²) in [4.78, 5) is 30.0. The van der Waals surface area contributed by atoms with Gasteiger partial charge in [0.05, 0.1) is 12.1 Å². The van der Waals surface area contributed by atoms with Crippen LogP contribution in [0.5, 0.6) is 0 Å². The normalized spacial score (nSPS) is 14.3. The smallest absolute Gasteiger partial charge is 0.416 e. The van der Waals surface area contributed by atoms with Crippen molar-refractivity contribution in [1.82, 2.24) is 15.2 Å². The van der Waals surface area contributed by atoms with Crippen LogP contribution in [0.4, 0.5) is 44.0 Å². The molecule has 0 spiro atoms. The molecule has 1 aromatic carbocycles. The molecule has 1 saturated heterocycles. The zero-order valence-corrected chi connectivity index (χ0v) is 19.7. The molecule has 3 aromatic rings. The van der Waals surface area contributed by atoms with Crippen LogP contribution in [0.15, 0.2) is 53.3 Å². The molecule has 0 saturated carbocycles. The number of nitrogens with one attached hydrogen (secondary N) is 2. The molecule has 15 heteroatoms. The SMILES string of the molecule is O=C([N-]c1c[n+](Cc2ccccn2)no1)Nc1cc(NC(=O)C(F)(F)CN2CCCC2)cc(C(F)(F)F)c1. The van der Waals surface area contributed by atoms with Gasteiger partial charge in [-0.2, -0.15) is 22.0 Å². The number of nitrogens with zero attached hydrogens (tertiary/aromatic N) is 5. The van der Waals surface area contributed by atoms with Crippen molar-refractivity contribution in [2.75, 3.05) is 30.3 Å². The van der Waals surface area contributed by atoms with Crippen LogP contribution in [0.1, 0.15) is 24.1 Å². The molecule has 202 valence electrons. The Morgan fingerprint density at radius 2 is 1.76 bits per heavy atom. The molecule has 0 aliphatic carbocycles. The van der Waals surface area contributed by atoms with Crippen LogP contribution < -0.4 is 15.3 Å². The number of amides is 3. The maximum absolute atomic E-state index is 14.4. The Labute approximate surface area is 212 Å². The minimum absolute atomic E-state index is 0.209. The standard InChI is InChI=1S/C23H22F5N7O3/c24-22(25,14-34-7-3-4-8-34)20(36)30-17-9-15(23(26,27)28)10-18(11-17)31-21(37)32-19-13-35(33-38-19)12-16-5-1-2-6-29-16/h1-2,5-6,9-11,13H,3-4,7-8,12,14H2,(H2-,30,31,32,33,36,37). The summed E-state index contributed by atoms with van der Waals surface area (Å²) in [6.07, 6.45) is -0.601. The van der Waals surface area contributed by atoms with Crippen molar-refractivity contribution >= 4 is 29.2 Å². The van der Waals surface area contributed by atoms with Gasteiger partial charge in [0.2, 0.25) is 18.6 Å². The monoisotopic (exact) mass is 539 g/mol. The lowest BCUT2D eigenvalue weighted by molar-refractivity contribution is -0.755. The van der Waals surface area contributed by atoms with Crippen molar-refractivity contribution in [2.24, 2.45) is 0 Å². The van der Waals surface area contributed by atoms with Crippen molar-refractivity contribution < 1.29 is 40.7 Å². The Morgan fingerprint density at radius 3 is 2.42 bits per heavy atom. The van der Waals surface area contributed by atoms with Crippen LogP contribution >= 0.6 is 0 Å². The van der Waals surface area contributed by atoms with E-state index in [0.29, 0.717) is 30.9 Å². The summed E-state index contributed by atoms with van der Waals surface area (Å²) >= 11 is 0. The molecule has 3 heterocycles. The van der Waals surface area contributed by atoms with Crippen LogP contribution in [-0.4, -0.2) is 52.7 Å².